The fourth-order valence-corrected chi connectivity index (χ4v) is 12.7. The Hall–Kier alpha value is -4.78. The Balaban J connectivity index is 0.0000177. The van der Waals surface area contributed by atoms with Crippen LogP contribution in [0.1, 0.15) is 236 Å². The van der Waals surface area contributed by atoms with Crippen LogP contribution in [0.4, 0.5) is 0 Å². The van der Waals surface area contributed by atoms with Crippen molar-refractivity contribution in [1.29, 1.82) is 0 Å². The Morgan fingerprint density at radius 2 is 0.659 bits per heavy atom. The molecule has 0 saturated carbocycles. The molecule has 0 fully saturated rings. The van der Waals surface area contributed by atoms with Gasteiger partial charge in [-0.2, -0.15) is 0 Å². The number of aromatic nitrogens is 4. The lowest BCUT2D eigenvalue weighted by Crippen LogP contribution is -2.32. The maximum atomic E-state index is 14.2. The number of carbonyl (C=O) groups is 2. The maximum absolute atomic E-state index is 14.2. The monoisotopic (exact) mass is 1260 g/mol. The zero-order chi connectivity index (χ0) is 64.6. The predicted molar refractivity (Wildman–Crippen MR) is 392 cm³/mol. The Kier molecular flexibility index (Phi) is 40.8. The molecular weight excluding hydrogens is 1130 g/mol. The average molecular weight is 1260 g/mol. The van der Waals surface area contributed by atoms with Gasteiger partial charge in [0.25, 0.3) is 0 Å². The van der Waals surface area contributed by atoms with E-state index in [1.807, 2.05) is 9.80 Å². The third-order valence-corrected chi connectivity index (χ3v) is 18.5. The van der Waals surface area contributed by atoms with Crippen molar-refractivity contribution in [2.75, 3.05) is 131 Å². The number of carbonyl (C=O) groups excluding carboxylic acids is 2. The van der Waals surface area contributed by atoms with Crippen LogP contribution >= 0.6 is 0 Å². The summed E-state index contributed by atoms with van der Waals surface area (Å²) < 4.78 is 0. The molecule has 0 unspecified atom stereocenters. The van der Waals surface area contributed by atoms with Gasteiger partial charge in [-0.05, 0) is 343 Å². The highest BCUT2D eigenvalue weighted by Gasteiger charge is 2.25. The molecule has 3 aromatic rings. The second-order valence-electron chi connectivity index (χ2n) is 25.2. The fraction of sp³-hybridized carbons (Fsp3) is 0.707. The van der Waals surface area contributed by atoms with Crippen molar-refractivity contribution in [2.45, 2.75) is 218 Å². The number of hydrogen-bond acceptors (Lipinski definition) is 12. The third-order valence-electron chi connectivity index (χ3n) is 18.5. The van der Waals surface area contributed by atoms with Crippen LogP contribution in [-0.2, 0) is 22.4 Å². The van der Waals surface area contributed by atoms with Gasteiger partial charge in [-0.1, -0.05) is 35.1 Å². The van der Waals surface area contributed by atoms with Crippen LogP contribution in [0.25, 0.3) is 44.4 Å². The predicted octanol–water partition coefficient (Wildman–Crippen LogP) is 12.8. The molecular formula is C75H132N14O2. The molecule has 514 valence electrons. The molecule has 0 saturated heterocycles. The molecule has 2 amide bonds. The molecule has 5 heterocycles. The number of allylic oxidation sites excluding steroid dienone is 4. The number of nitrogens with one attached hydrogen (secondary N) is 10. The summed E-state index contributed by atoms with van der Waals surface area (Å²) in [6, 6.07) is 8.85. The number of rotatable bonds is 52. The second-order valence-corrected chi connectivity index (χ2v) is 25.2. The van der Waals surface area contributed by atoms with E-state index in [0.717, 1.165) is 223 Å². The van der Waals surface area contributed by atoms with Crippen LogP contribution in [0, 0.1) is 13.8 Å². The fourth-order valence-electron chi connectivity index (χ4n) is 12.7. The molecule has 16 heteroatoms. The van der Waals surface area contributed by atoms with Gasteiger partial charge in [0.15, 0.2) is 0 Å². The van der Waals surface area contributed by atoms with E-state index in [-0.39, 0.29) is 19.2 Å². The van der Waals surface area contributed by atoms with Gasteiger partial charge in [0, 0.05) is 61.1 Å². The van der Waals surface area contributed by atoms with Gasteiger partial charge in [-0.15, -0.1) is 0 Å². The number of hydrogen-bond donors (Lipinski definition) is 10. The molecule has 91 heavy (non-hydrogen) atoms. The molecule has 0 radical (unpaired) electrons. The molecule has 0 aromatic carbocycles. The van der Waals surface area contributed by atoms with E-state index >= 15 is 0 Å². The SMILES string of the molecule is C.CCNCCCCNCCCCNCCCCNCCCCN(CC)C(=O)CCC1=C(C)c2cc3[nH]c(cc4[nH]c(cc5nc(cc1n2)C(CCC(=O)N(CC)CCCCNCCCCNCCCCNCCCCNCC)=C5C)c(CC)c4C)c(CC)c3C. The molecule has 0 aliphatic carbocycles. The molecule has 3 aromatic heterocycles. The van der Waals surface area contributed by atoms with Crippen molar-refractivity contribution in [3.8, 4) is 0 Å². The maximum Gasteiger partial charge on any atom is 0.222 e. The number of nitrogens with zero attached hydrogens (tertiary/aromatic N) is 4. The highest BCUT2D eigenvalue weighted by molar-refractivity contribution is 5.97. The molecule has 10 N–H and O–H groups in total. The molecule has 0 atom stereocenters. The summed E-state index contributed by atoms with van der Waals surface area (Å²) in [5, 5.41) is 28.5. The third kappa shape index (κ3) is 28.0. The van der Waals surface area contributed by atoms with E-state index < -0.39 is 0 Å². The van der Waals surface area contributed by atoms with Crippen molar-refractivity contribution in [2.24, 2.45) is 0 Å². The highest BCUT2D eigenvalue weighted by Crippen LogP contribution is 2.38. The van der Waals surface area contributed by atoms with Gasteiger partial charge >= 0.3 is 0 Å². The Bertz CT molecular complexity index is 2760. The van der Waals surface area contributed by atoms with E-state index in [1.54, 1.807) is 0 Å². The number of amides is 2. The summed E-state index contributed by atoms with van der Waals surface area (Å²) in [6.45, 7) is 41.9. The van der Waals surface area contributed by atoms with Gasteiger partial charge < -0.3 is 62.3 Å². The average Bonchev–Trinajstić information content (AvgIpc) is 1.70. The standard InChI is InChI=1S/C74H128N14O2.CH4/c1-11-61-57(7)65-53-66-59(9)63(33-35-73(89)87(15-5)51-31-29-49-81-47-27-25-45-79-43-23-21-41-77-39-19-17-37-75-13-3)71(85-66)56-72-64(60(10)68(86-72)55-70-62(12-2)58(8)67(84-70)54-69(61)83-65)34-36-74(90)88(16-6)52-32-30-50-82-48-28-26-46-80-44-24-22-42-78-40-20-18-38-76-14-4;/h53-56,75-84H,11-52H2,1-10H3;1H4. The summed E-state index contributed by atoms with van der Waals surface area (Å²) in [5.74, 6) is 0.363. The summed E-state index contributed by atoms with van der Waals surface area (Å²) in [7, 11) is 0. The molecule has 8 bridgehead atoms. The lowest BCUT2D eigenvalue weighted by Gasteiger charge is -2.21. The first kappa shape index (κ1) is 78.7. The topological polar surface area (TPSA) is 194 Å². The minimum Gasteiger partial charge on any atom is -0.355 e. The van der Waals surface area contributed by atoms with Crippen LogP contribution in [-0.4, -0.2) is 172 Å². The van der Waals surface area contributed by atoms with Crippen LogP contribution in [0.3, 0.4) is 0 Å². The van der Waals surface area contributed by atoms with E-state index in [0.29, 0.717) is 38.8 Å². The minimum absolute atomic E-state index is 0. The number of H-pyrrole nitrogens is 2. The normalized spacial score (nSPS) is 12.4. The van der Waals surface area contributed by atoms with E-state index in [1.165, 1.54) is 99.3 Å². The summed E-state index contributed by atoms with van der Waals surface area (Å²) >= 11 is 0. The first-order valence-corrected chi connectivity index (χ1v) is 36.3. The zero-order valence-electron chi connectivity index (χ0n) is 58.6. The summed E-state index contributed by atoms with van der Waals surface area (Å²) in [4.78, 5) is 50.9. The minimum atomic E-state index is 0. The number of aromatic amines is 2. The van der Waals surface area contributed by atoms with Crippen molar-refractivity contribution in [3.63, 3.8) is 0 Å². The first-order valence-electron chi connectivity index (χ1n) is 36.3. The summed E-state index contributed by atoms with van der Waals surface area (Å²) in [6.07, 6.45) is 22.4. The summed E-state index contributed by atoms with van der Waals surface area (Å²) in [5.41, 5.74) is 17.2. The van der Waals surface area contributed by atoms with Crippen molar-refractivity contribution >= 4 is 56.2 Å². The van der Waals surface area contributed by atoms with Crippen molar-refractivity contribution in [3.05, 3.63) is 69.3 Å². The molecule has 2 aliphatic rings. The van der Waals surface area contributed by atoms with E-state index in [9.17, 15) is 9.59 Å². The zero-order valence-corrected chi connectivity index (χ0v) is 58.6. The Morgan fingerprint density at radius 3 is 0.967 bits per heavy atom. The first-order chi connectivity index (χ1) is 44.0. The van der Waals surface area contributed by atoms with Gasteiger partial charge in [-0.3, -0.25) is 9.59 Å². The smallest absolute Gasteiger partial charge is 0.222 e. The second kappa shape index (κ2) is 47.2. The largest absolute Gasteiger partial charge is 0.355 e. The number of fused-ring (bicyclic) bond motifs is 8. The molecule has 16 nitrogen and oxygen atoms in total. The lowest BCUT2D eigenvalue weighted by molar-refractivity contribution is -0.131. The van der Waals surface area contributed by atoms with E-state index in [4.69, 9.17) is 9.97 Å². The highest BCUT2D eigenvalue weighted by atomic mass is 16.2. The Labute approximate surface area is 553 Å². The van der Waals surface area contributed by atoms with Crippen LogP contribution in [0.5, 0.6) is 0 Å². The van der Waals surface area contributed by atoms with Gasteiger partial charge in [0.2, 0.25) is 11.8 Å². The van der Waals surface area contributed by atoms with Gasteiger partial charge in [-0.25, -0.2) is 9.97 Å². The molecule has 2 aliphatic heterocycles. The van der Waals surface area contributed by atoms with Gasteiger partial charge in [0.1, 0.15) is 0 Å². The van der Waals surface area contributed by atoms with Crippen LogP contribution in [0.2, 0.25) is 0 Å². The lowest BCUT2D eigenvalue weighted by atomic mass is 9.97. The quantitative estimate of drug-likeness (QED) is 0.0241. The van der Waals surface area contributed by atoms with Crippen molar-refractivity contribution in [1.82, 2.24) is 72.3 Å². The van der Waals surface area contributed by atoms with Crippen LogP contribution < -0.4 is 42.5 Å². The molecule has 5 rings (SSSR count). The van der Waals surface area contributed by atoms with Crippen LogP contribution in [0.15, 0.2) is 24.3 Å². The number of aryl methyl sites for hydroxylation is 4. The van der Waals surface area contributed by atoms with Crippen molar-refractivity contribution < 1.29 is 9.59 Å². The number of unbranched alkanes of at least 4 members (excludes halogenated alkanes) is 8. The molecule has 0 spiro atoms. The Morgan fingerprint density at radius 1 is 0.374 bits per heavy atom. The van der Waals surface area contributed by atoms with Gasteiger partial charge in [0.05, 0.1) is 22.8 Å². The van der Waals surface area contributed by atoms with E-state index in [2.05, 4.69) is 146 Å².